The third-order valence-corrected chi connectivity index (χ3v) is 4.41. The zero-order valence-electron chi connectivity index (χ0n) is 17.5. The lowest BCUT2D eigenvalue weighted by atomic mass is 9.84. The summed E-state index contributed by atoms with van der Waals surface area (Å²) in [6.45, 7) is 14.0. The molecule has 0 aliphatic heterocycles. The lowest BCUT2D eigenvalue weighted by molar-refractivity contribution is -0.144. The van der Waals surface area contributed by atoms with Crippen molar-refractivity contribution in [2.45, 2.75) is 112 Å². The van der Waals surface area contributed by atoms with E-state index in [1.54, 1.807) is 0 Å². The molecule has 0 aromatic carbocycles. The first kappa shape index (κ1) is 23.5. The van der Waals surface area contributed by atoms with Gasteiger partial charge in [0.2, 0.25) is 0 Å². The van der Waals surface area contributed by atoms with Gasteiger partial charge in [0.1, 0.15) is 0 Å². The lowest BCUT2D eigenvalue weighted by Gasteiger charge is -2.22. The summed E-state index contributed by atoms with van der Waals surface area (Å²) in [6.07, 6.45) is 13.4. The van der Waals surface area contributed by atoms with Crippen molar-refractivity contribution >= 4 is 5.97 Å². The van der Waals surface area contributed by atoms with E-state index in [9.17, 15) is 4.79 Å². The van der Waals surface area contributed by atoms with Crippen LogP contribution in [0.2, 0.25) is 0 Å². The van der Waals surface area contributed by atoms with Gasteiger partial charge in [0, 0.05) is 6.42 Å². The van der Waals surface area contributed by atoms with Crippen LogP contribution in [0.1, 0.15) is 112 Å². The molecule has 0 aromatic rings. The number of ether oxygens (including phenoxy) is 1. The van der Waals surface area contributed by atoms with Crippen LogP contribution < -0.4 is 0 Å². The highest BCUT2D eigenvalue weighted by Gasteiger charge is 2.18. The Morgan fingerprint density at radius 2 is 1.33 bits per heavy atom. The quantitative estimate of drug-likeness (QED) is 0.248. The van der Waals surface area contributed by atoms with E-state index in [0.717, 1.165) is 18.8 Å². The largest absolute Gasteiger partial charge is 0.466 e. The van der Waals surface area contributed by atoms with Gasteiger partial charge in [-0.25, -0.2) is 0 Å². The van der Waals surface area contributed by atoms with Crippen molar-refractivity contribution in [3.8, 4) is 0 Å². The predicted molar refractivity (Wildman–Crippen MR) is 105 cm³/mol. The van der Waals surface area contributed by atoms with E-state index in [2.05, 4.69) is 41.5 Å². The molecule has 24 heavy (non-hydrogen) atoms. The molecule has 1 unspecified atom stereocenters. The van der Waals surface area contributed by atoms with Crippen LogP contribution in [0.4, 0.5) is 0 Å². The fraction of sp³-hybridized carbons (Fsp3) is 0.955. The Balaban J connectivity index is 3.36. The maximum Gasteiger partial charge on any atom is 0.306 e. The molecule has 0 aliphatic rings. The molecule has 0 saturated carbocycles. The van der Waals surface area contributed by atoms with Gasteiger partial charge >= 0.3 is 5.97 Å². The molecule has 0 bridgehead atoms. The number of carbonyl (C=O) groups excluding carboxylic acids is 1. The van der Waals surface area contributed by atoms with Gasteiger partial charge in [0.25, 0.3) is 0 Å². The monoisotopic (exact) mass is 340 g/mol. The summed E-state index contributed by atoms with van der Waals surface area (Å²) in [5.74, 6) is 1.24. The molecule has 2 heteroatoms. The molecule has 0 aliphatic carbocycles. The van der Waals surface area contributed by atoms with E-state index >= 15 is 0 Å². The molecular formula is C22H44O2. The van der Waals surface area contributed by atoms with Gasteiger partial charge in [-0.1, -0.05) is 92.9 Å². The molecule has 0 spiro atoms. The van der Waals surface area contributed by atoms with Crippen LogP contribution in [-0.2, 0) is 9.53 Å². The van der Waals surface area contributed by atoms with E-state index in [0.29, 0.717) is 18.9 Å². The number of esters is 1. The average Bonchev–Trinajstić information content (AvgIpc) is 2.42. The van der Waals surface area contributed by atoms with Crippen molar-refractivity contribution in [1.29, 1.82) is 0 Å². The summed E-state index contributed by atoms with van der Waals surface area (Å²) in [6, 6.07) is 0. The van der Waals surface area contributed by atoms with Gasteiger partial charge in [-0.3, -0.25) is 4.79 Å². The lowest BCUT2D eigenvalue weighted by Crippen LogP contribution is -2.16. The molecule has 0 amide bonds. The van der Waals surface area contributed by atoms with Crippen molar-refractivity contribution in [3.05, 3.63) is 0 Å². The van der Waals surface area contributed by atoms with Gasteiger partial charge in [0.05, 0.1) is 6.61 Å². The van der Waals surface area contributed by atoms with Crippen LogP contribution in [0.15, 0.2) is 0 Å². The first-order valence-corrected chi connectivity index (χ1v) is 10.4. The SMILES string of the molecule is CC(C)CCCCCCCCCCOC(=O)CC(C)CC(C)(C)C. The van der Waals surface area contributed by atoms with E-state index < -0.39 is 0 Å². The Kier molecular flexibility index (Phi) is 13.4. The van der Waals surface area contributed by atoms with Crippen LogP contribution >= 0.6 is 0 Å². The van der Waals surface area contributed by atoms with Gasteiger partial charge in [0.15, 0.2) is 0 Å². The molecule has 0 rings (SSSR count). The molecule has 2 nitrogen and oxygen atoms in total. The minimum absolute atomic E-state index is 0.0168. The molecule has 0 radical (unpaired) electrons. The Labute approximate surface area is 152 Å². The van der Waals surface area contributed by atoms with Crippen LogP contribution in [0.25, 0.3) is 0 Å². The highest BCUT2D eigenvalue weighted by molar-refractivity contribution is 5.69. The van der Waals surface area contributed by atoms with Crippen molar-refractivity contribution in [1.82, 2.24) is 0 Å². The van der Waals surface area contributed by atoms with E-state index in [-0.39, 0.29) is 11.4 Å². The van der Waals surface area contributed by atoms with E-state index in [1.165, 1.54) is 51.4 Å². The fourth-order valence-corrected chi connectivity index (χ4v) is 3.36. The molecule has 144 valence electrons. The zero-order valence-corrected chi connectivity index (χ0v) is 17.5. The van der Waals surface area contributed by atoms with Crippen LogP contribution in [0, 0.1) is 17.3 Å². The van der Waals surface area contributed by atoms with Crippen LogP contribution in [-0.4, -0.2) is 12.6 Å². The summed E-state index contributed by atoms with van der Waals surface area (Å²) < 4.78 is 5.37. The Morgan fingerprint density at radius 1 is 0.833 bits per heavy atom. The van der Waals surface area contributed by atoms with Crippen LogP contribution in [0.5, 0.6) is 0 Å². The molecule has 0 N–H and O–H groups in total. The summed E-state index contributed by atoms with van der Waals surface area (Å²) in [4.78, 5) is 11.8. The van der Waals surface area contributed by atoms with Gasteiger partial charge in [-0.05, 0) is 30.1 Å². The third kappa shape index (κ3) is 17.8. The minimum atomic E-state index is -0.0168. The average molecular weight is 341 g/mol. The smallest absolute Gasteiger partial charge is 0.306 e. The minimum Gasteiger partial charge on any atom is -0.466 e. The maximum absolute atomic E-state index is 11.8. The van der Waals surface area contributed by atoms with Crippen molar-refractivity contribution in [2.75, 3.05) is 6.61 Å². The first-order chi connectivity index (χ1) is 11.2. The van der Waals surface area contributed by atoms with Gasteiger partial charge < -0.3 is 4.74 Å². The van der Waals surface area contributed by atoms with Crippen molar-refractivity contribution < 1.29 is 9.53 Å². The molecule has 0 aromatic heterocycles. The number of unbranched alkanes of at least 4 members (excludes halogenated alkanes) is 7. The molecule has 0 heterocycles. The standard InChI is InChI=1S/C22H44O2/c1-19(2)15-13-11-9-7-8-10-12-14-16-24-21(23)17-20(3)18-22(4,5)6/h19-20H,7-18H2,1-6H3. The Morgan fingerprint density at radius 3 is 1.83 bits per heavy atom. The van der Waals surface area contributed by atoms with Gasteiger partial charge in [-0.2, -0.15) is 0 Å². The molecular weight excluding hydrogens is 296 g/mol. The first-order valence-electron chi connectivity index (χ1n) is 10.4. The van der Waals surface area contributed by atoms with Crippen molar-refractivity contribution in [3.63, 3.8) is 0 Å². The Hall–Kier alpha value is -0.530. The second-order valence-corrected chi connectivity index (χ2v) is 9.31. The second kappa shape index (κ2) is 13.7. The normalized spacial score (nSPS) is 13.3. The zero-order chi connectivity index (χ0) is 18.4. The summed E-state index contributed by atoms with van der Waals surface area (Å²) in [7, 11) is 0. The highest BCUT2D eigenvalue weighted by atomic mass is 16.5. The predicted octanol–water partition coefficient (Wildman–Crippen LogP) is 7.16. The number of rotatable bonds is 14. The molecule has 0 saturated heterocycles. The summed E-state index contributed by atoms with van der Waals surface area (Å²) >= 11 is 0. The second-order valence-electron chi connectivity index (χ2n) is 9.31. The molecule has 1 atom stereocenters. The van der Waals surface area contributed by atoms with Crippen LogP contribution in [0.3, 0.4) is 0 Å². The summed E-state index contributed by atoms with van der Waals surface area (Å²) in [5, 5.41) is 0. The van der Waals surface area contributed by atoms with Crippen molar-refractivity contribution in [2.24, 2.45) is 17.3 Å². The highest BCUT2D eigenvalue weighted by Crippen LogP contribution is 2.26. The van der Waals surface area contributed by atoms with Gasteiger partial charge in [-0.15, -0.1) is 0 Å². The van der Waals surface area contributed by atoms with E-state index in [4.69, 9.17) is 4.74 Å². The topological polar surface area (TPSA) is 26.3 Å². The number of hydrogen-bond donors (Lipinski definition) is 0. The molecule has 0 fully saturated rings. The summed E-state index contributed by atoms with van der Waals surface area (Å²) in [5.41, 5.74) is 0.286. The number of carbonyl (C=O) groups is 1. The Bertz CT molecular complexity index is 302. The maximum atomic E-state index is 11.8. The number of hydrogen-bond acceptors (Lipinski definition) is 2. The van der Waals surface area contributed by atoms with E-state index in [1.807, 2.05) is 0 Å². The third-order valence-electron chi connectivity index (χ3n) is 4.41. The fourth-order valence-electron chi connectivity index (χ4n) is 3.36.